The van der Waals surface area contributed by atoms with Crippen molar-refractivity contribution in [3.8, 4) is 0 Å². The molecule has 1 aromatic carbocycles. The number of hydrogen-bond donors (Lipinski definition) is 1. The summed E-state index contributed by atoms with van der Waals surface area (Å²) in [7, 11) is 2.04. The third-order valence-electron chi connectivity index (χ3n) is 4.24. The highest BCUT2D eigenvalue weighted by Crippen LogP contribution is 2.30. The zero-order valence-electron chi connectivity index (χ0n) is 11.7. The summed E-state index contributed by atoms with van der Waals surface area (Å²) < 4.78 is 2.08. The quantitative estimate of drug-likeness (QED) is 0.913. The van der Waals surface area contributed by atoms with E-state index in [1.165, 1.54) is 24.0 Å². The lowest BCUT2D eigenvalue weighted by molar-refractivity contribution is 0.434. The lowest BCUT2D eigenvalue weighted by Crippen LogP contribution is -2.32. The van der Waals surface area contributed by atoms with Gasteiger partial charge in [0.25, 0.3) is 0 Å². The highest BCUT2D eigenvalue weighted by Gasteiger charge is 2.29. The molecule has 1 fully saturated rings. The Bertz CT molecular complexity index is 548. The van der Waals surface area contributed by atoms with Crippen LogP contribution in [0, 0.1) is 0 Å². The number of benzene rings is 1. The monoisotopic (exact) mass is 255 g/mol. The molecule has 0 radical (unpaired) electrons. The van der Waals surface area contributed by atoms with Crippen molar-refractivity contribution in [3.63, 3.8) is 0 Å². The molecule has 1 aliphatic rings. The van der Waals surface area contributed by atoms with Gasteiger partial charge in [-0.25, -0.2) is 4.98 Å². The van der Waals surface area contributed by atoms with Crippen LogP contribution in [0.1, 0.15) is 36.7 Å². The molecule has 3 rings (SSSR count). The largest absolute Gasteiger partial charge is 0.338 e. The Labute approximate surface area is 114 Å². The smallest absolute Gasteiger partial charge is 0.112 e. The Morgan fingerprint density at radius 3 is 2.68 bits per heavy atom. The Morgan fingerprint density at radius 1 is 1.32 bits per heavy atom. The average Bonchev–Trinajstić information content (AvgIpc) is 3.01. The van der Waals surface area contributed by atoms with E-state index in [2.05, 4.69) is 46.1 Å². The van der Waals surface area contributed by atoms with Crippen LogP contribution in [0.5, 0.6) is 0 Å². The van der Waals surface area contributed by atoms with Crippen LogP contribution < -0.4 is 5.32 Å². The normalized spacial score (nSPS) is 22.8. The molecule has 2 heterocycles. The summed E-state index contributed by atoms with van der Waals surface area (Å²) >= 11 is 0. The molecule has 19 heavy (non-hydrogen) atoms. The van der Waals surface area contributed by atoms with Gasteiger partial charge < -0.3 is 9.88 Å². The van der Waals surface area contributed by atoms with Crippen LogP contribution in [-0.2, 0) is 19.0 Å². The highest BCUT2D eigenvalue weighted by molar-refractivity contribution is 5.30. The van der Waals surface area contributed by atoms with Crippen LogP contribution in [0.2, 0.25) is 0 Å². The van der Waals surface area contributed by atoms with Crippen molar-refractivity contribution in [2.75, 3.05) is 6.54 Å². The zero-order chi connectivity index (χ0) is 13.3. The van der Waals surface area contributed by atoms with Crippen molar-refractivity contribution in [1.29, 1.82) is 0 Å². The molecule has 0 saturated carbocycles. The van der Waals surface area contributed by atoms with Gasteiger partial charge in [0, 0.05) is 31.4 Å². The first-order valence-corrected chi connectivity index (χ1v) is 6.98. The summed E-state index contributed by atoms with van der Waals surface area (Å²) in [4.78, 5) is 4.38. The van der Waals surface area contributed by atoms with Gasteiger partial charge in [-0.05, 0) is 37.4 Å². The van der Waals surface area contributed by atoms with Gasteiger partial charge in [0.2, 0.25) is 0 Å². The standard InChI is InChI=1S/C16H21N3/c1-16(8-3-9-18-16)14-6-4-13(5-7-14)12-15-17-10-11-19(15)2/h4-7,10-11,18H,3,8-9,12H2,1-2H3. The Morgan fingerprint density at radius 2 is 2.11 bits per heavy atom. The second-order valence-electron chi connectivity index (χ2n) is 5.69. The van der Waals surface area contributed by atoms with E-state index in [9.17, 15) is 0 Å². The van der Waals surface area contributed by atoms with E-state index < -0.39 is 0 Å². The summed E-state index contributed by atoms with van der Waals surface area (Å²) in [6.07, 6.45) is 7.24. The van der Waals surface area contributed by atoms with Gasteiger partial charge in [-0.3, -0.25) is 0 Å². The van der Waals surface area contributed by atoms with Crippen molar-refractivity contribution in [2.24, 2.45) is 7.05 Å². The molecular weight excluding hydrogens is 234 g/mol. The van der Waals surface area contributed by atoms with Gasteiger partial charge in [0.15, 0.2) is 0 Å². The molecular formula is C16H21N3. The second kappa shape index (κ2) is 4.82. The highest BCUT2D eigenvalue weighted by atomic mass is 15.0. The Kier molecular flexibility index (Phi) is 3.15. The summed E-state index contributed by atoms with van der Waals surface area (Å²) in [5, 5.41) is 3.61. The van der Waals surface area contributed by atoms with Crippen molar-refractivity contribution < 1.29 is 0 Å². The molecule has 0 bridgehead atoms. The molecule has 0 aliphatic carbocycles. The van der Waals surface area contributed by atoms with Crippen LogP contribution in [0.4, 0.5) is 0 Å². The third-order valence-corrected chi connectivity index (χ3v) is 4.24. The number of aromatic nitrogens is 2. The number of nitrogens with one attached hydrogen (secondary N) is 1. The first-order valence-electron chi connectivity index (χ1n) is 6.98. The fourth-order valence-corrected chi connectivity index (χ4v) is 2.88. The van der Waals surface area contributed by atoms with E-state index in [4.69, 9.17) is 0 Å². The summed E-state index contributed by atoms with van der Waals surface area (Å²) in [5.41, 5.74) is 2.88. The van der Waals surface area contributed by atoms with Crippen LogP contribution in [0.25, 0.3) is 0 Å². The van der Waals surface area contributed by atoms with Crippen molar-refractivity contribution in [2.45, 2.75) is 31.7 Å². The van der Waals surface area contributed by atoms with Gasteiger partial charge in [-0.15, -0.1) is 0 Å². The van der Waals surface area contributed by atoms with E-state index in [0.717, 1.165) is 18.8 Å². The third kappa shape index (κ3) is 2.43. The Hall–Kier alpha value is -1.61. The molecule has 1 saturated heterocycles. The molecule has 2 aromatic rings. The maximum Gasteiger partial charge on any atom is 0.112 e. The predicted octanol–water partition coefficient (Wildman–Crippen LogP) is 2.61. The molecule has 1 N–H and O–H groups in total. The van der Waals surface area contributed by atoms with E-state index in [1.54, 1.807) is 0 Å². The summed E-state index contributed by atoms with van der Waals surface area (Å²) in [6, 6.07) is 8.98. The predicted molar refractivity (Wildman–Crippen MR) is 77.0 cm³/mol. The molecule has 1 atom stereocenters. The van der Waals surface area contributed by atoms with Gasteiger partial charge in [0.1, 0.15) is 5.82 Å². The minimum atomic E-state index is 0.168. The number of hydrogen-bond acceptors (Lipinski definition) is 2. The molecule has 1 aromatic heterocycles. The first-order chi connectivity index (χ1) is 9.17. The van der Waals surface area contributed by atoms with Crippen molar-refractivity contribution >= 4 is 0 Å². The molecule has 100 valence electrons. The van der Waals surface area contributed by atoms with Gasteiger partial charge in [-0.2, -0.15) is 0 Å². The van der Waals surface area contributed by atoms with Crippen LogP contribution in [-0.4, -0.2) is 16.1 Å². The SMILES string of the molecule is Cn1ccnc1Cc1ccc(C2(C)CCCN2)cc1. The minimum absolute atomic E-state index is 0.168. The summed E-state index contributed by atoms with van der Waals surface area (Å²) in [5.74, 6) is 1.11. The molecule has 1 aliphatic heterocycles. The lowest BCUT2D eigenvalue weighted by atomic mass is 9.90. The number of aryl methyl sites for hydroxylation is 1. The molecule has 1 unspecified atom stereocenters. The van der Waals surface area contributed by atoms with Crippen LogP contribution in [0.3, 0.4) is 0 Å². The van der Waals surface area contributed by atoms with E-state index in [0.29, 0.717) is 0 Å². The van der Waals surface area contributed by atoms with Crippen LogP contribution >= 0.6 is 0 Å². The minimum Gasteiger partial charge on any atom is -0.338 e. The van der Waals surface area contributed by atoms with Gasteiger partial charge in [-0.1, -0.05) is 24.3 Å². The van der Waals surface area contributed by atoms with Crippen LogP contribution in [0.15, 0.2) is 36.7 Å². The maximum absolute atomic E-state index is 4.38. The number of imidazole rings is 1. The Balaban J connectivity index is 1.77. The fraction of sp³-hybridized carbons (Fsp3) is 0.438. The average molecular weight is 255 g/mol. The van der Waals surface area contributed by atoms with E-state index >= 15 is 0 Å². The topological polar surface area (TPSA) is 29.9 Å². The van der Waals surface area contributed by atoms with Gasteiger partial charge >= 0.3 is 0 Å². The van der Waals surface area contributed by atoms with Gasteiger partial charge in [0.05, 0.1) is 0 Å². The number of nitrogens with zero attached hydrogens (tertiary/aromatic N) is 2. The van der Waals surface area contributed by atoms with Crippen molar-refractivity contribution in [3.05, 3.63) is 53.6 Å². The van der Waals surface area contributed by atoms with E-state index in [1.807, 2.05) is 19.4 Å². The van der Waals surface area contributed by atoms with Crippen molar-refractivity contribution in [1.82, 2.24) is 14.9 Å². The summed E-state index contributed by atoms with van der Waals surface area (Å²) in [6.45, 7) is 3.43. The number of rotatable bonds is 3. The molecule has 0 spiro atoms. The lowest BCUT2D eigenvalue weighted by Gasteiger charge is -2.25. The zero-order valence-corrected chi connectivity index (χ0v) is 11.7. The maximum atomic E-state index is 4.38. The molecule has 3 nitrogen and oxygen atoms in total. The van der Waals surface area contributed by atoms with E-state index in [-0.39, 0.29) is 5.54 Å². The molecule has 0 amide bonds. The first kappa shape index (κ1) is 12.4. The second-order valence-corrected chi connectivity index (χ2v) is 5.69. The fourth-order valence-electron chi connectivity index (χ4n) is 2.88. The molecule has 3 heteroatoms.